The standard InChI is InChI=1S/C10H22N2O2/c1-3-4-5-12(2)6-9-10(13)8(11)7-14-9/h8-10,13H,3-7,11H2,1-2H3. The first-order valence-corrected chi connectivity index (χ1v) is 5.39. The van der Waals surface area contributed by atoms with Gasteiger partial charge in [-0.05, 0) is 20.0 Å². The molecule has 3 atom stereocenters. The first-order valence-electron chi connectivity index (χ1n) is 5.39. The Bertz CT molecular complexity index is 166. The zero-order valence-corrected chi connectivity index (χ0v) is 9.15. The summed E-state index contributed by atoms with van der Waals surface area (Å²) in [6, 6.07) is -0.209. The van der Waals surface area contributed by atoms with Crippen LogP contribution in [0.5, 0.6) is 0 Å². The zero-order valence-electron chi connectivity index (χ0n) is 9.15. The Morgan fingerprint density at radius 3 is 2.79 bits per heavy atom. The van der Waals surface area contributed by atoms with E-state index < -0.39 is 6.10 Å². The molecule has 0 radical (unpaired) electrons. The van der Waals surface area contributed by atoms with Crippen LogP contribution < -0.4 is 5.73 Å². The summed E-state index contributed by atoms with van der Waals surface area (Å²) in [7, 11) is 2.05. The third-order valence-corrected chi connectivity index (χ3v) is 2.71. The Morgan fingerprint density at radius 1 is 1.57 bits per heavy atom. The highest BCUT2D eigenvalue weighted by molar-refractivity contribution is 4.87. The molecule has 3 unspecified atom stereocenters. The van der Waals surface area contributed by atoms with Gasteiger partial charge in [-0.15, -0.1) is 0 Å². The van der Waals surface area contributed by atoms with Crippen molar-refractivity contribution >= 4 is 0 Å². The zero-order chi connectivity index (χ0) is 10.6. The average molecular weight is 202 g/mol. The number of unbranched alkanes of at least 4 members (excludes halogenated alkanes) is 1. The predicted molar refractivity (Wildman–Crippen MR) is 56.1 cm³/mol. The van der Waals surface area contributed by atoms with Crippen molar-refractivity contribution in [2.45, 2.75) is 38.0 Å². The van der Waals surface area contributed by atoms with E-state index in [1.54, 1.807) is 0 Å². The molecular formula is C10H22N2O2. The first kappa shape index (κ1) is 11.9. The smallest absolute Gasteiger partial charge is 0.0987 e. The van der Waals surface area contributed by atoms with Gasteiger partial charge >= 0.3 is 0 Å². The molecule has 84 valence electrons. The van der Waals surface area contributed by atoms with Crippen LogP contribution in [0.2, 0.25) is 0 Å². The van der Waals surface area contributed by atoms with Gasteiger partial charge in [-0.1, -0.05) is 13.3 Å². The molecule has 0 bridgehead atoms. The van der Waals surface area contributed by atoms with Crippen LogP contribution in [0.15, 0.2) is 0 Å². The molecule has 4 nitrogen and oxygen atoms in total. The van der Waals surface area contributed by atoms with Crippen molar-refractivity contribution in [1.29, 1.82) is 0 Å². The van der Waals surface area contributed by atoms with Crippen molar-refractivity contribution in [3.8, 4) is 0 Å². The SMILES string of the molecule is CCCCN(C)CC1OCC(N)C1O. The van der Waals surface area contributed by atoms with Crippen LogP contribution in [0.4, 0.5) is 0 Å². The van der Waals surface area contributed by atoms with Crippen LogP contribution in [0, 0.1) is 0 Å². The van der Waals surface area contributed by atoms with E-state index in [0.717, 1.165) is 13.1 Å². The summed E-state index contributed by atoms with van der Waals surface area (Å²) in [6.45, 7) is 4.48. The van der Waals surface area contributed by atoms with Crippen molar-refractivity contribution in [2.75, 3.05) is 26.7 Å². The van der Waals surface area contributed by atoms with Crippen LogP contribution in [0.1, 0.15) is 19.8 Å². The molecule has 3 N–H and O–H groups in total. The minimum absolute atomic E-state index is 0.105. The lowest BCUT2D eigenvalue weighted by molar-refractivity contribution is 0.0206. The molecule has 0 aromatic heterocycles. The second kappa shape index (κ2) is 5.66. The van der Waals surface area contributed by atoms with Crippen molar-refractivity contribution < 1.29 is 9.84 Å². The van der Waals surface area contributed by atoms with E-state index in [9.17, 15) is 5.11 Å². The van der Waals surface area contributed by atoms with Crippen LogP contribution in [0.25, 0.3) is 0 Å². The maximum absolute atomic E-state index is 9.66. The van der Waals surface area contributed by atoms with Gasteiger partial charge in [0.25, 0.3) is 0 Å². The van der Waals surface area contributed by atoms with Gasteiger partial charge in [0.2, 0.25) is 0 Å². The van der Waals surface area contributed by atoms with Crippen LogP contribution in [-0.2, 0) is 4.74 Å². The van der Waals surface area contributed by atoms with Crippen LogP contribution in [0.3, 0.4) is 0 Å². The number of ether oxygens (including phenoxy) is 1. The van der Waals surface area contributed by atoms with Gasteiger partial charge in [-0.25, -0.2) is 0 Å². The van der Waals surface area contributed by atoms with Gasteiger partial charge in [0.1, 0.15) is 0 Å². The van der Waals surface area contributed by atoms with Crippen LogP contribution >= 0.6 is 0 Å². The fourth-order valence-electron chi connectivity index (χ4n) is 1.69. The molecule has 1 heterocycles. The molecule has 1 rings (SSSR count). The number of hydrogen-bond acceptors (Lipinski definition) is 4. The second-order valence-corrected chi connectivity index (χ2v) is 4.14. The molecule has 1 aliphatic rings. The summed E-state index contributed by atoms with van der Waals surface area (Å²) in [5.41, 5.74) is 5.65. The van der Waals surface area contributed by atoms with Crippen molar-refractivity contribution in [1.82, 2.24) is 4.90 Å². The Hall–Kier alpha value is -0.160. The number of likely N-dealkylation sites (N-methyl/N-ethyl adjacent to an activating group) is 1. The van der Waals surface area contributed by atoms with E-state index in [0.29, 0.717) is 6.61 Å². The molecule has 4 heteroatoms. The molecule has 1 fully saturated rings. The number of hydrogen-bond donors (Lipinski definition) is 2. The molecular weight excluding hydrogens is 180 g/mol. The third kappa shape index (κ3) is 3.20. The highest BCUT2D eigenvalue weighted by Crippen LogP contribution is 2.13. The van der Waals surface area contributed by atoms with Crippen molar-refractivity contribution in [3.63, 3.8) is 0 Å². The molecule has 0 aromatic rings. The van der Waals surface area contributed by atoms with Crippen LogP contribution in [-0.4, -0.2) is 55.0 Å². The van der Waals surface area contributed by atoms with Gasteiger partial charge in [-0.2, -0.15) is 0 Å². The highest BCUT2D eigenvalue weighted by Gasteiger charge is 2.33. The van der Waals surface area contributed by atoms with E-state index in [2.05, 4.69) is 18.9 Å². The van der Waals surface area contributed by atoms with Gasteiger partial charge in [-0.3, -0.25) is 0 Å². The molecule has 0 amide bonds. The van der Waals surface area contributed by atoms with E-state index in [-0.39, 0.29) is 12.1 Å². The summed E-state index contributed by atoms with van der Waals surface area (Å²) >= 11 is 0. The minimum Gasteiger partial charge on any atom is -0.389 e. The maximum atomic E-state index is 9.66. The maximum Gasteiger partial charge on any atom is 0.0987 e. The minimum atomic E-state index is -0.501. The monoisotopic (exact) mass is 202 g/mol. The summed E-state index contributed by atoms with van der Waals surface area (Å²) < 4.78 is 5.41. The molecule has 14 heavy (non-hydrogen) atoms. The quantitative estimate of drug-likeness (QED) is 0.648. The highest BCUT2D eigenvalue weighted by atomic mass is 16.5. The summed E-state index contributed by atoms with van der Waals surface area (Å²) in [6.07, 6.45) is 1.77. The number of nitrogens with two attached hydrogens (primary N) is 1. The fraction of sp³-hybridized carbons (Fsp3) is 1.00. The molecule has 0 aromatic carbocycles. The Balaban J connectivity index is 2.23. The Kier molecular flexibility index (Phi) is 4.81. The number of nitrogens with zero attached hydrogens (tertiary/aromatic N) is 1. The topological polar surface area (TPSA) is 58.7 Å². The average Bonchev–Trinajstić information content (AvgIpc) is 2.46. The van der Waals surface area contributed by atoms with Crippen molar-refractivity contribution in [2.24, 2.45) is 5.73 Å². The molecule has 0 spiro atoms. The lowest BCUT2D eigenvalue weighted by atomic mass is 10.1. The summed E-state index contributed by atoms with van der Waals surface area (Å²) in [5, 5.41) is 9.66. The lowest BCUT2D eigenvalue weighted by Gasteiger charge is -2.22. The van der Waals surface area contributed by atoms with Gasteiger partial charge in [0, 0.05) is 6.54 Å². The first-order chi connectivity index (χ1) is 6.65. The normalized spacial score (nSPS) is 32.8. The molecule has 0 aliphatic carbocycles. The summed E-state index contributed by atoms with van der Waals surface area (Å²) in [4.78, 5) is 2.19. The molecule has 1 aliphatic heterocycles. The number of rotatable bonds is 5. The van der Waals surface area contributed by atoms with Gasteiger partial charge in [0.05, 0.1) is 24.9 Å². The Labute approximate surface area is 86.0 Å². The molecule has 0 saturated carbocycles. The number of aliphatic hydroxyl groups excluding tert-OH is 1. The summed E-state index contributed by atoms with van der Waals surface area (Å²) in [5.74, 6) is 0. The Morgan fingerprint density at radius 2 is 2.29 bits per heavy atom. The molecule has 1 saturated heterocycles. The van der Waals surface area contributed by atoms with E-state index in [1.807, 2.05) is 0 Å². The van der Waals surface area contributed by atoms with E-state index >= 15 is 0 Å². The number of aliphatic hydroxyl groups is 1. The van der Waals surface area contributed by atoms with Gasteiger partial charge in [0.15, 0.2) is 0 Å². The predicted octanol–water partition coefficient (Wildman–Crippen LogP) is -0.195. The third-order valence-electron chi connectivity index (χ3n) is 2.71. The van der Waals surface area contributed by atoms with E-state index in [1.165, 1.54) is 12.8 Å². The lowest BCUT2D eigenvalue weighted by Crippen LogP contribution is -2.41. The van der Waals surface area contributed by atoms with Gasteiger partial charge < -0.3 is 20.5 Å². The van der Waals surface area contributed by atoms with Crippen molar-refractivity contribution in [3.05, 3.63) is 0 Å². The van der Waals surface area contributed by atoms with E-state index in [4.69, 9.17) is 10.5 Å². The second-order valence-electron chi connectivity index (χ2n) is 4.14. The fourth-order valence-corrected chi connectivity index (χ4v) is 1.69. The largest absolute Gasteiger partial charge is 0.389 e.